The van der Waals surface area contributed by atoms with Gasteiger partial charge in [-0.1, -0.05) is 26.1 Å². The molecule has 92 valence electrons. The van der Waals surface area contributed by atoms with Crippen molar-refractivity contribution in [3.05, 3.63) is 37.5 Å². The van der Waals surface area contributed by atoms with E-state index in [1.807, 2.05) is 12.1 Å². The summed E-state index contributed by atoms with van der Waals surface area (Å²) in [4.78, 5) is 3.14. The third kappa shape index (κ3) is 2.57. The number of aromatic amines is 1. The Morgan fingerprint density at radius 3 is 2.78 bits per heavy atom. The van der Waals surface area contributed by atoms with Crippen LogP contribution >= 0.6 is 34.8 Å². The zero-order valence-electron chi connectivity index (χ0n) is 10.2. The van der Waals surface area contributed by atoms with Crippen molar-refractivity contribution in [2.75, 3.05) is 0 Å². The number of hydrogen-bond donors (Lipinski definition) is 1. The molecule has 1 N–H and O–H groups in total. The number of fused-ring (bicyclic) bond motifs is 1. The quantitative estimate of drug-likeness (QED) is 0.623. The van der Waals surface area contributed by atoms with Gasteiger partial charge < -0.3 is 4.98 Å². The topological polar surface area (TPSA) is 39.6 Å². The maximum absolute atomic E-state index is 9.30. The number of hydrogen-bond acceptors (Lipinski definition) is 2. The van der Waals surface area contributed by atoms with Gasteiger partial charge in [0.15, 0.2) is 0 Å². The number of benzene rings is 1. The van der Waals surface area contributed by atoms with E-state index in [2.05, 4.69) is 53.6 Å². The lowest BCUT2D eigenvalue weighted by atomic mass is 9.96. The highest BCUT2D eigenvalue weighted by Gasteiger charge is 2.12. The number of aromatic nitrogens is 1. The van der Waals surface area contributed by atoms with E-state index in [1.54, 1.807) is 0 Å². The van der Waals surface area contributed by atoms with Crippen LogP contribution in [-0.4, -0.2) is 4.98 Å². The SMILES string of the molecule is CC(C)Cc1c(C#N)c(=S)[nH]c2ccc(I)cc12. The van der Waals surface area contributed by atoms with E-state index in [4.69, 9.17) is 12.2 Å². The minimum Gasteiger partial charge on any atom is -0.345 e. The summed E-state index contributed by atoms with van der Waals surface area (Å²) in [5.74, 6) is 0.495. The monoisotopic (exact) mass is 368 g/mol. The number of halogens is 1. The van der Waals surface area contributed by atoms with Crippen molar-refractivity contribution in [1.29, 1.82) is 5.26 Å². The molecule has 0 aliphatic rings. The van der Waals surface area contributed by atoms with Gasteiger partial charge in [-0.3, -0.25) is 0 Å². The lowest BCUT2D eigenvalue weighted by Gasteiger charge is -2.12. The highest BCUT2D eigenvalue weighted by Crippen LogP contribution is 2.25. The van der Waals surface area contributed by atoms with Gasteiger partial charge in [0.2, 0.25) is 0 Å². The van der Waals surface area contributed by atoms with Crippen molar-refractivity contribution in [3.8, 4) is 6.07 Å². The number of H-pyrrole nitrogens is 1. The van der Waals surface area contributed by atoms with Crippen LogP contribution in [0, 0.1) is 25.5 Å². The molecule has 0 unspecified atom stereocenters. The third-order valence-corrected chi connectivity index (χ3v) is 3.79. The first-order chi connectivity index (χ1) is 8.52. The minimum atomic E-state index is 0.495. The van der Waals surface area contributed by atoms with Gasteiger partial charge in [0.1, 0.15) is 10.7 Å². The molecule has 2 nitrogen and oxygen atoms in total. The van der Waals surface area contributed by atoms with Crippen molar-refractivity contribution < 1.29 is 0 Å². The molecule has 2 rings (SSSR count). The Labute approximate surface area is 125 Å². The minimum absolute atomic E-state index is 0.495. The molecule has 0 radical (unpaired) electrons. The van der Waals surface area contributed by atoms with Crippen LogP contribution in [0.3, 0.4) is 0 Å². The highest BCUT2D eigenvalue weighted by molar-refractivity contribution is 14.1. The molecule has 2 aromatic rings. The predicted molar refractivity (Wildman–Crippen MR) is 85.1 cm³/mol. The van der Waals surface area contributed by atoms with Crippen LogP contribution in [0.2, 0.25) is 0 Å². The van der Waals surface area contributed by atoms with Crippen molar-refractivity contribution in [3.63, 3.8) is 0 Å². The number of pyridine rings is 1. The van der Waals surface area contributed by atoms with Crippen LogP contribution in [0.15, 0.2) is 18.2 Å². The fourth-order valence-corrected chi connectivity index (χ4v) is 2.84. The molecule has 4 heteroatoms. The number of nitrogens with zero attached hydrogens (tertiary/aromatic N) is 1. The third-order valence-electron chi connectivity index (χ3n) is 2.81. The molecule has 0 amide bonds. The summed E-state index contributed by atoms with van der Waals surface area (Å²) in [5.41, 5.74) is 2.70. The van der Waals surface area contributed by atoms with Gasteiger partial charge in [0, 0.05) is 14.5 Å². The maximum Gasteiger partial charge on any atom is 0.121 e. The predicted octanol–water partition coefficient (Wildman–Crippen LogP) is 4.57. The Hall–Kier alpha value is -0.930. The second-order valence-electron chi connectivity index (χ2n) is 4.71. The van der Waals surface area contributed by atoms with E-state index >= 15 is 0 Å². The summed E-state index contributed by atoms with van der Waals surface area (Å²) in [6, 6.07) is 8.42. The zero-order chi connectivity index (χ0) is 13.3. The molecule has 0 fully saturated rings. The number of rotatable bonds is 2. The van der Waals surface area contributed by atoms with E-state index in [0.717, 1.165) is 22.9 Å². The maximum atomic E-state index is 9.30. The standard InChI is InChI=1S/C14H13IN2S/c1-8(2)5-10-11-6-9(15)3-4-13(11)17-14(18)12(10)7-16/h3-4,6,8H,5H2,1-2H3,(H,17,18). The van der Waals surface area contributed by atoms with Gasteiger partial charge >= 0.3 is 0 Å². The highest BCUT2D eigenvalue weighted by atomic mass is 127. The second kappa shape index (κ2) is 5.37. The zero-order valence-corrected chi connectivity index (χ0v) is 13.2. The molecule has 1 aromatic carbocycles. The second-order valence-corrected chi connectivity index (χ2v) is 6.36. The first-order valence-electron chi connectivity index (χ1n) is 5.77. The Balaban J connectivity index is 2.86. The van der Waals surface area contributed by atoms with Crippen molar-refractivity contribution in [2.24, 2.45) is 5.92 Å². The summed E-state index contributed by atoms with van der Waals surface area (Å²) in [6.07, 6.45) is 0.873. The first kappa shape index (κ1) is 13.5. The Morgan fingerprint density at radius 1 is 1.44 bits per heavy atom. The van der Waals surface area contributed by atoms with Gasteiger partial charge in [0.05, 0.1) is 5.56 Å². The Morgan fingerprint density at radius 2 is 2.17 bits per heavy atom. The van der Waals surface area contributed by atoms with Crippen LogP contribution in [-0.2, 0) is 6.42 Å². The number of nitrogens with one attached hydrogen (secondary N) is 1. The van der Waals surface area contributed by atoms with Crippen LogP contribution in [0.1, 0.15) is 25.0 Å². The molecular formula is C14H13IN2S. The van der Waals surface area contributed by atoms with Crippen LogP contribution in [0.25, 0.3) is 10.9 Å². The smallest absolute Gasteiger partial charge is 0.121 e. The van der Waals surface area contributed by atoms with Crippen molar-refractivity contribution >= 4 is 45.7 Å². The van der Waals surface area contributed by atoms with Crippen molar-refractivity contribution in [2.45, 2.75) is 20.3 Å². The van der Waals surface area contributed by atoms with E-state index < -0.39 is 0 Å². The molecule has 1 heterocycles. The molecule has 0 aliphatic heterocycles. The van der Waals surface area contributed by atoms with Gasteiger partial charge in [-0.15, -0.1) is 0 Å². The fourth-order valence-electron chi connectivity index (χ4n) is 2.07. The fraction of sp³-hybridized carbons (Fsp3) is 0.286. The lowest BCUT2D eigenvalue weighted by molar-refractivity contribution is 0.649. The summed E-state index contributed by atoms with van der Waals surface area (Å²) in [6.45, 7) is 4.31. The molecule has 1 aromatic heterocycles. The van der Waals surface area contributed by atoms with Gasteiger partial charge in [-0.25, -0.2) is 0 Å². The van der Waals surface area contributed by atoms with Crippen molar-refractivity contribution in [1.82, 2.24) is 4.98 Å². The molecule has 0 bridgehead atoms. The molecule has 0 spiro atoms. The summed E-state index contributed by atoms with van der Waals surface area (Å²) in [5, 5.41) is 10.4. The summed E-state index contributed by atoms with van der Waals surface area (Å²) < 4.78 is 1.71. The molecule has 18 heavy (non-hydrogen) atoms. The molecule has 0 aliphatic carbocycles. The number of nitriles is 1. The Kier molecular flexibility index (Phi) is 4.03. The van der Waals surface area contributed by atoms with Crippen LogP contribution < -0.4 is 0 Å². The first-order valence-corrected chi connectivity index (χ1v) is 7.26. The molecular weight excluding hydrogens is 355 g/mol. The lowest BCUT2D eigenvalue weighted by Crippen LogP contribution is -2.01. The average molecular weight is 368 g/mol. The van der Waals surface area contributed by atoms with Crippen LogP contribution in [0.4, 0.5) is 0 Å². The van der Waals surface area contributed by atoms with E-state index in [9.17, 15) is 5.26 Å². The van der Waals surface area contributed by atoms with Gasteiger partial charge in [0.25, 0.3) is 0 Å². The molecule has 0 saturated heterocycles. The van der Waals surface area contributed by atoms with E-state index in [-0.39, 0.29) is 0 Å². The van der Waals surface area contributed by atoms with E-state index in [1.165, 1.54) is 3.57 Å². The molecule has 0 atom stereocenters. The summed E-state index contributed by atoms with van der Waals surface area (Å²) >= 11 is 7.56. The van der Waals surface area contributed by atoms with Gasteiger partial charge in [-0.05, 0) is 58.7 Å². The molecule has 0 saturated carbocycles. The Bertz CT molecular complexity index is 695. The van der Waals surface area contributed by atoms with Crippen LogP contribution in [0.5, 0.6) is 0 Å². The van der Waals surface area contributed by atoms with Gasteiger partial charge in [-0.2, -0.15) is 5.26 Å². The largest absolute Gasteiger partial charge is 0.345 e. The summed E-state index contributed by atoms with van der Waals surface area (Å²) in [7, 11) is 0. The average Bonchev–Trinajstić information content (AvgIpc) is 2.30. The van der Waals surface area contributed by atoms with E-state index in [0.29, 0.717) is 16.1 Å². The normalized spacial score (nSPS) is 10.8.